The molecule has 18 heavy (non-hydrogen) atoms. The molecule has 0 spiro atoms. The van der Waals surface area contributed by atoms with Gasteiger partial charge in [0.1, 0.15) is 17.4 Å². The van der Waals surface area contributed by atoms with Gasteiger partial charge in [-0.05, 0) is 20.8 Å². The molecule has 1 N–H and O–H groups in total. The van der Waals surface area contributed by atoms with Crippen LogP contribution < -0.4 is 5.32 Å². The quantitative estimate of drug-likeness (QED) is 0.927. The normalized spacial score (nSPS) is 12.4. The number of hydrogen-bond acceptors (Lipinski definition) is 4. The number of halogens is 1. The van der Waals surface area contributed by atoms with Crippen LogP contribution in [-0.2, 0) is 4.79 Å². The zero-order chi connectivity index (χ0) is 13.3. The lowest BCUT2D eigenvalue weighted by Gasteiger charge is -2.12. The monoisotopic (exact) mass is 268 g/mol. The molecule has 2 rings (SSSR count). The third kappa shape index (κ3) is 2.38. The van der Waals surface area contributed by atoms with Gasteiger partial charge in [0.15, 0.2) is 5.76 Å². The largest absolute Gasteiger partial charge is 0.359 e. The number of nitrogens with one attached hydrogen (secondary N) is 1. The smallest absolute Gasteiger partial charge is 0.249 e. The van der Waals surface area contributed by atoms with Crippen molar-refractivity contribution in [2.24, 2.45) is 0 Å². The number of anilines is 1. The summed E-state index contributed by atoms with van der Waals surface area (Å²) in [5, 5.41) is 11.0. The van der Waals surface area contributed by atoms with Crippen molar-refractivity contribution in [3.05, 3.63) is 28.9 Å². The molecule has 2 aromatic heterocycles. The fourth-order valence-corrected chi connectivity index (χ4v) is 1.68. The number of carbonyl (C=O) groups excluding carboxylic acids is 1. The van der Waals surface area contributed by atoms with Crippen LogP contribution in [0.3, 0.4) is 0 Å². The predicted octanol–water partition coefficient (Wildman–Crippen LogP) is 2.34. The van der Waals surface area contributed by atoms with Crippen molar-refractivity contribution >= 4 is 23.2 Å². The number of aromatic nitrogens is 3. The van der Waals surface area contributed by atoms with Crippen LogP contribution in [0.15, 0.2) is 16.9 Å². The average molecular weight is 269 g/mol. The molecule has 1 amide bonds. The summed E-state index contributed by atoms with van der Waals surface area (Å²) in [5.41, 5.74) is 1.25. The molecule has 0 aliphatic rings. The Hall–Kier alpha value is -1.82. The van der Waals surface area contributed by atoms with Crippen molar-refractivity contribution in [3.63, 3.8) is 0 Å². The Balaban J connectivity index is 2.13. The van der Waals surface area contributed by atoms with Crippen molar-refractivity contribution in [2.45, 2.75) is 26.8 Å². The summed E-state index contributed by atoms with van der Waals surface area (Å²) in [7, 11) is 0. The number of carbonyl (C=O) groups is 1. The van der Waals surface area contributed by atoms with E-state index in [4.69, 9.17) is 16.1 Å². The molecule has 96 valence electrons. The van der Waals surface area contributed by atoms with Gasteiger partial charge in [-0.3, -0.25) is 9.48 Å². The molecule has 2 heterocycles. The minimum Gasteiger partial charge on any atom is -0.359 e. The Labute approximate surface area is 109 Å². The number of amides is 1. The zero-order valence-corrected chi connectivity index (χ0v) is 11.0. The molecule has 0 saturated heterocycles. The maximum Gasteiger partial charge on any atom is 0.249 e. The van der Waals surface area contributed by atoms with Crippen LogP contribution in [0, 0.1) is 13.8 Å². The fraction of sp³-hybridized carbons (Fsp3) is 0.364. The third-order valence-corrected chi connectivity index (χ3v) is 2.82. The van der Waals surface area contributed by atoms with E-state index >= 15 is 0 Å². The molecule has 0 aliphatic carbocycles. The molecule has 0 bridgehead atoms. The molecule has 7 heteroatoms. The Bertz CT molecular complexity index is 556. The Morgan fingerprint density at radius 2 is 2.28 bits per heavy atom. The first-order valence-corrected chi connectivity index (χ1v) is 5.80. The van der Waals surface area contributed by atoms with Crippen molar-refractivity contribution in [1.29, 1.82) is 0 Å². The van der Waals surface area contributed by atoms with Crippen LogP contribution in [0.1, 0.15) is 24.4 Å². The van der Waals surface area contributed by atoms with Gasteiger partial charge in [0.2, 0.25) is 5.91 Å². The van der Waals surface area contributed by atoms with Gasteiger partial charge < -0.3 is 9.84 Å². The Kier molecular flexibility index (Phi) is 3.38. The standard InChI is InChI=1S/C11H13ClN4O2/c1-6-10(8(3)18-15-6)14-11(17)7(2)16-5-9(12)4-13-16/h4-5,7H,1-3H3,(H,14,17). The molecule has 1 unspecified atom stereocenters. The molecular weight excluding hydrogens is 256 g/mol. The highest BCUT2D eigenvalue weighted by atomic mass is 35.5. The minimum absolute atomic E-state index is 0.204. The van der Waals surface area contributed by atoms with Gasteiger partial charge in [0.05, 0.1) is 11.2 Å². The third-order valence-electron chi connectivity index (χ3n) is 2.63. The predicted molar refractivity (Wildman–Crippen MR) is 66.6 cm³/mol. The number of hydrogen-bond donors (Lipinski definition) is 1. The summed E-state index contributed by atoms with van der Waals surface area (Å²) in [6, 6.07) is -0.466. The first kappa shape index (κ1) is 12.6. The molecule has 0 aliphatic heterocycles. The van der Waals surface area contributed by atoms with Gasteiger partial charge >= 0.3 is 0 Å². The highest BCUT2D eigenvalue weighted by Crippen LogP contribution is 2.20. The highest BCUT2D eigenvalue weighted by Gasteiger charge is 2.19. The fourth-order valence-electron chi connectivity index (χ4n) is 1.54. The first-order chi connectivity index (χ1) is 8.49. The number of nitrogens with zero attached hydrogens (tertiary/aromatic N) is 3. The summed E-state index contributed by atoms with van der Waals surface area (Å²) in [4.78, 5) is 12.0. The topological polar surface area (TPSA) is 73.0 Å². The van der Waals surface area contributed by atoms with Crippen LogP contribution in [0.5, 0.6) is 0 Å². The van der Waals surface area contributed by atoms with Crippen molar-refractivity contribution in [3.8, 4) is 0 Å². The molecule has 0 saturated carbocycles. The molecule has 0 radical (unpaired) electrons. The van der Waals surface area contributed by atoms with Crippen LogP contribution in [0.2, 0.25) is 5.02 Å². The van der Waals surface area contributed by atoms with E-state index in [1.807, 2.05) is 0 Å². The lowest BCUT2D eigenvalue weighted by atomic mass is 10.2. The second-order valence-electron chi connectivity index (χ2n) is 4.00. The molecule has 2 aromatic rings. The summed E-state index contributed by atoms with van der Waals surface area (Å²) in [6.07, 6.45) is 3.08. The van der Waals surface area contributed by atoms with Gasteiger partial charge in [-0.2, -0.15) is 5.10 Å². The summed E-state index contributed by atoms with van der Waals surface area (Å²) in [5.74, 6) is 0.371. The number of aryl methyl sites for hydroxylation is 2. The van der Waals surface area contributed by atoms with E-state index in [1.54, 1.807) is 27.0 Å². The first-order valence-electron chi connectivity index (χ1n) is 5.42. The van der Waals surface area contributed by atoms with Gasteiger partial charge in [0.25, 0.3) is 0 Å². The van der Waals surface area contributed by atoms with Gasteiger partial charge in [-0.15, -0.1) is 0 Å². The van der Waals surface area contributed by atoms with Crippen molar-refractivity contribution < 1.29 is 9.32 Å². The van der Waals surface area contributed by atoms with E-state index in [2.05, 4.69) is 15.6 Å². The van der Waals surface area contributed by atoms with Gasteiger partial charge in [0, 0.05) is 6.20 Å². The van der Waals surface area contributed by atoms with Crippen LogP contribution in [0.4, 0.5) is 5.69 Å². The summed E-state index contributed by atoms with van der Waals surface area (Å²) < 4.78 is 6.47. The molecule has 1 atom stereocenters. The van der Waals surface area contributed by atoms with E-state index in [0.29, 0.717) is 22.2 Å². The molecule has 0 fully saturated rings. The second kappa shape index (κ2) is 4.81. The highest BCUT2D eigenvalue weighted by molar-refractivity contribution is 6.30. The second-order valence-corrected chi connectivity index (χ2v) is 4.44. The minimum atomic E-state index is -0.466. The SMILES string of the molecule is Cc1noc(C)c1NC(=O)C(C)n1cc(Cl)cn1. The average Bonchev–Trinajstić information content (AvgIpc) is 2.89. The Morgan fingerprint density at radius 3 is 2.78 bits per heavy atom. The molecular formula is C11H13ClN4O2. The van der Waals surface area contributed by atoms with E-state index in [0.717, 1.165) is 0 Å². The number of rotatable bonds is 3. The zero-order valence-electron chi connectivity index (χ0n) is 10.3. The maximum atomic E-state index is 12.0. The van der Waals surface area contributed by atoms with Crippen molar-refractivity contribution in [1.82, 2.24) is 14.9 Å². The maximum absolute atomic E-state index is 12.0. The van der Waals surface area contributed by atoms with E-state index < -0.39 is 6.04 Å². The lowest BCUT2D eigenvalue weighted by molar-refractivity contribution is -0.119. The van der Waals surface area contributed by atoms with Gasteiger partial charge in [-0.25, -0.2) is 0 Å². The summed E-state index contributed by atoms with van der Waals surface area (Å²) >= 11 is 5.76. The van der Waals surface area contributed by atoms with Crippen LogP contribution >= 0.6 is 11.6 Å². The van der Waals surface area contributed by atoms with Gasteiger partial charge in [-0.1, -0.05) is 16.8 Å². The summed E-state index contributed by atoms with van der Waals surface area (Å²) in [6.45, 7) is 5.24. The lowest BCUT2D eigenvalue weighted by Crippen LogP contribution is -2.24. The van der Waals surface area contributed by atoms with E-state index in [9.17, 15) is 4.79 Å². The molecule has 6 nitrogen and oxygen atoms in total. The van der Waals surface area contributed by atoms with Crippen molar-refractivity contribution in [2.75, 3.05) is 5.32 Å². The van der Waals surface area contributed by atoms with Crippen LogP contribution in [0.25, 0.3) is 0 Å². The van der Waals surface area contributed by atoms with Crippen LogP contribution in [-0.4, -0.2) is 20.8 Å². The van der Waals surface area contributed by atoms with E-state index in [1.165, 1.54) is 10.9 Å². The Morgan fingerprint density at radius 1 is 1.56 bits per heavy atom. The van der Waals surface area contributed by atoms with E-state index in [-0.39, 0.29) is 5.91 Å². The molecule has 0 aromatic carbocycles.